The number of hydrogen-bond acceptors (Lipinski definition) is 5. The van der Waals surface area contributed by atoms with Crippen LogP contribution in [0.25, 0.3) is 11.5 Å². The molecule has 2 aliphatic rings. The van der Waals surface area contributed by atoms with E-state index in [1.807, 2.05) is 24.3 Å². The standard InChI is InChI=1S/C22H23N3O3S/c1-22(2)18(14-8-10-17(11-9-14)29(23,26)27)19(22)20-24-21(28-25-20)16-5-3-4-15(12-16)13-6-7-13/h3-5,8-13,18-19H,6-7H2,1-2H3,(H2,23,26,27)/t18-,19+/m0/s1. The van der Waals surface area contributed by atoms with Crippen molar-refractivity contribution in [2.24, 2.45) is 10.6 Å². The van der Waals surface area contributed by atoms with E-state index >= 15 is 0 Å². The molecule has 0 saturated heterocycles. The molecule has 7 heteroatoms. The molecular formula is C22H23N3O3S. The summed E-state index contributed by atoms with van der Waals surface area (Å²) in [7, 11) is -3.69. The van der Waals surface area contributed by atoms with Crippen molar-refractivity contribution in [2.75, 3.05) is 0 Å². The van der Waals surface area contributed by atoms with Crippen LogP contribution in [0.3, 0.4) is 0 Å². The van der Waals surface area contributed by atoms with Crippen molar-refractivity contribution in [1.82, 2.24) is 10.1 Å². The van der Waals surface area contributed by atoms with Gasteiger partial charge in [0, 0.05) is 17.4 Å². The highest BCUT2D eigenvalue weighted by molar-refractivity contribution is 7.89. The van der Waals surface area contributed by atoms with Gasteiger partial charge in [0.25, 0.3) is 5.89 Å². The Hall–Kier alpha value is -2.51. The Balaban J connectivity index is 1.41. The van der Waals surface area contributed by atoms with E-state index in [2.05, 4.69) is 31.1 Å². The fraction of sp³-hybridized carbons (Fsp3) is 0.364. The predicted molar refractivity (Wildman–Crippen MR) is 109 cm³/mol. The van der Waals surface area contributed by atoms with Crippen LogP contribution in [0.5, 0.6) is 0 Å². The molecule has 0 radical (unpaired) electrons. The summed E-state index contributed by atoms with van der Waals surface area (Å²) in [6, 6.07) is 15.1. The highest BCUT2D eigenvalue weighted by atomic mass is 32.2. The van der Waals surface area contributed by atoms with E-state index in [0.717, 1.165) is 11.1 Å². The lowest BCUT2D eigenvalue weighted by Gasteiger charge is -2.04. The fourth-order valence-electron chi connectivity index (χ4n) is 4.43. The van der Waals surface area contributed by atoms with Gasteiger partial charge in [-0.05, 0) is 59.6 Å². The first-order valence-corrected chi connectivity index (χ1v) is 11.4. The van der Waals surface area contributed by atoms with Gasteiger partial charge in [0.05, 0.1) is 4.90 Å². The van der Waals surface area contributed by atoms with Crippen LogP contribution in [0.4, 0.5) is 0 Å². The third kappa shape index (κ3) is 3.28. The van der Waals surface area contributed by atoms with Gasteiger partial charge in [0.1, 0.15) is 0 Å². The SMILES string of the molecule is CC1(C)[C@@H](c2ccc(S(N)(=O)=O)cc2)[C@@H]1c1noc(-c2cccc(C3CC3)c2)n1. The molecule has 3 aromatic rings. The average molecular weight is 410 g/mol. The Morgan fingerprint density at radius 1 is 1.03 bits per heavy atom. The Labute approximate surface area is 170 Å². The molecule has 0 spiro atoms. The summed E-state index contributed by atoms with van der Waals surface area (Å²) in [5, 5.41) is 9.47. The quantitative estimate of drug-likeness (QED) is 0.682. The summed E-state index contributed by atoms with van der Waals surface area (Å²) in [6.07, 6.45) is 2.50. The van der Waals surface area contributed by atoms with Crippen molar-refractivity contribution in [1.29, 1.82) is 0 Å². The van der Waals surface area contributed by atoms with Gasteiger partial charge < -0.3 is 4.52 Å². The highest BCUT2D eigenvalue weighted by Gasteiger charge is 2.61. The lowest BCUT2D eigenvalue weighted by molar-refractivity contribution is 0.419. The zero-order valence-electron chi connectivity index (χ0n) is 16.4. The van der Waals surface area contributed by atoms with E-state index < -0.39 is 10.0 Å². The van der Waals surface area contributed by atoms with E-state index in [4.69, 9.17) is 14.6 Å². The predicted octanol–water partition coefficient (Wildman–Crippen LogP) is 4.17. The van der Waals surface area contributed by atoms with E-state index in [9.17, 15) is 8.42 Å². The molecule has 2 aromatic carbocycles. The van der Waals surface area contributed by atoms with Gasteiger partial charge in [-0.15, -0.1) is 0 Å². The van der Waals surface area contributed by atoms with E-state index in [0.29, 0.717) is 17.6 Å². The monoisotopic (exact) mass is 409 g/mol. The lowest BCUT2D eigenvalue weighted by Crippen LogP contribution is -2.11. The molecule has 2 fully saturated rings. The summed E-state index contributed by atoms with van der Waals surface area (Å²) < 4.78 is 28.6. The molecule has 0 bridgehead atoms. The Morgan fingerprint density at radius 2 is 1.76 bits per heavy atom. The van der Waals surface area contributed by atoms with Gasteiger partial charge in [0.15, 0.2) is 5.82 Å². The van der Waals surface area contributed by atoms with E-state index in [1.165, 1.54) is 18.4 Å². The maximum Gasteiger partial charge on any atom is 0.257 e. The maximum atomic E-state index is 11.5. The molecule has 2 saturated carbocycles. The summed E-state index contributed by atoms with van der Waals surface area (Å²) in [5.74, 6) is 2.23. The number of primary sulfonamides is 1. The van der Waals surface area contributed by atoms with E-state index in [-0.39, 0.29) is 22.1 Å². The second-order valence-corrected chi connectivity index (χ2v) is 10.3. The molecule has 2 N–H and O–H groups in total. The van der Waals surface area contributed by atoms with Crippen molar-refractivity contribution < 1.29 is 12.9 Å². The van der Waals surface area contributed by atoms with Gasteiger partial charge in [-0.25, -0.2) is 13.6 Å². The molecule has 5 rings (SSSR count). The molecule has 6 nitrogen and oxygen atoms in total. The van der Waals surface area contributed by atoms with Crippen molar-refractivity contribution >= 4 is 10.0 Å². The van der Waals surface area contributed by atoms with Gasteiger partial charge in [-0.3, -0.25) is 0 Å². The second-order valence-electron chi connectivity index (χ2n) is 8.75. The zero-order chi connectivity index (χ0) is 20.4. The molecule has 2 atom stereocenters. The normalized spacial score (nSPS) is 23.1. The number of nitrogens with two attached hydrogens (primary N) is 1. The van der Waals surface area contributed by atoms with Crippen LogP contribution >= 0.6 is 0 Å². The molecule has 0 aliphatic heterocycles. The van der Waals surface area contributed by atoms with Crippen LogP contribution in [0, 0.1) is 5.41 Å². The number of sulfonamides is 1. The Bertz CT molecular complexity index is 1180. The van der Waals surface area contributed by atoms with Gasteiger partial charge in [0.2, 0.25) is 10.0 Å². The summed E-state index contributed by atoms with van der Waals surface area (Å²) in [6.45, 7) is 4.33. The highest BCUT2D eigenvalue weighted by Crippen LogP contribution is 2.69. The number of rotatable bonds is 5. The topological polar surface area (TPSA) is 99.1 Å². The summed E-state index contributed by atoms with van der Waals surface area (Å²) >= 11 is 0. The minimum absolute atomic E-state index is 0.0416. The molecule has 1 aromatic heterocycles. The first kappa shape index (κ1) is 18.5. The van der Waals surface area contributed by atoms with Crippen LogP contribution in [0.2, 0.25) is 0 Å². The van der Waals surface area contributed by atoms with E-state index in [1.54, 1.807) is 12.1 Å². The molecular weight excluding hydrogens is 386 g/mol. The van der Waals surface area contributed by atoms with Gasteiger partial charge >= 0.3 is 0 Å². The average Bonchev–Trinajstić information content (AvgIpc) is 3.56. The molecule has 29 heavy (non-hydrogen) atoms. The number of benzene rings is 2. The molecule has 2 aliphatic carbocycles. The van der Waals surface area contributed by atoms with Crippen molar-refractivity contribution in [2.45, 2.75) is 49.3 Å². The Kier molecular flexibility index (Phi) is 3.98. The van der Waals surface area contributed by atoms with Crippen molar-refractivity contribution in [3.63, 3.8) is 0 Å². The summed E-state index contributed by atoms with van der Waals surface area (Å²) in [5.41, 5.74) is 3.30. The first-order valence-electron chi connectivity index (χ1n) is 9.82. The number of hydrogen-bond donors (Lipinski definition) is 1. The minimum Gasteiger partial charge on any atom is -0.334 e. The second kappa shape index (κ2) is 6.24. The van der Waals surface area contributed by atoms with Crippen LogP contribution in [-0.2, 0) is 10.0 Å². The smallest absolute Gasteiger partial charge is 0.257 e. The fourth-order valence-corrected chi connectivity index (χ4v) is 4.94. The third-order valence-electron chi connectivity index (χ3n) is 6.30. The maximum absolute atomic E-state index is 11.5. The minimum atomic E-state index is -3.69. The molecule has 0 unspecified atom stereocenters. The van der Waals surface area contributed by atoms with Crippen LogP contribution in [0.1, 0.15) is 61.4 Å². The third-order valence-corrected chi connectivity index (χ3v) is 7.23. The molecule has 150 valence electrons. The zero-order valence-corrected chi connectivity index (χ0v) is 17.2. The number of aromatic nitrogens is 2. The van der Waals surface area contributed by atoms with Crippen LogP contribution in [-0.4, -0.2) is 18.6 Å². The van der Waals surface area contributed by atoms with Gasteiger partial charge in [-0.1, -0.05) is 43.3 Å². The first-order chi connectivity index (χ1) is 13.7. The summed E-state index contributed by atoms with van der Waals surface area (Å²) in [4.78, 5) is 4.82. The lowest BCUT2D eigenvalue weighted by atomic mass is 10.0. The van der Waals surface area contributed by atoms with Crippen molar-refractivity contribution in [3.05, 3.63) is 65.5 Å². The largest absolute Gasteiger partial charge is 0.334 e. The van der Waals surface area contributed by atoms with Gasteiger partial charge in [-0.2, -0.15) is 4.98 Å². The number of nitrogens with zero attached hydrogens (tertiary/aromatic N) is 2. The Morgan fingerprint density at radius 3 is 2.41 bits per heavy atom. The van der Waals surface area contributed by atoms with Crippen LogP contribution in [0.15, 0.2) is 57.9 Å². The van der Waals surface area contributed by atoms with Crippen molar-refractivity contribution in [3.8, 4) is 11.5 Å². The molecule has 0 amide bonds. The van der Waals surface area contributed by atoms with Crippen LogP contribution < -0.4 is 5.14 Å². The molecule has 1 heterocycles.